The maximum atomic E-state index is 10.9. The maximum absolute atomic E-state index is 10.9. The molecule has 21 heavy (non-hydrogen) atoms. The standard InChI is InChI=1S/C15H21NO4S/c1-19-13-4-2-3-11(12(16)9-14(17)18)15(13)20-10-5-7-21-8-6-10/h2-4,10,12H,5-9,16H2,1H3,(H,17,18). The molecular weight excluding hydrogens is 290 g/mol. The molecule has 5 nitrogen and oxygen atoms in total. The van der Waals surface area contributed by atoms with Gasteiger partial charge in [0.2, 0.25) is 0 Å². The quantitative estimate of drug-likeness (QED) is 0.840. The lowest BCUT2D eigenvalue weighted by Gasteiger charge is -2.26. The Morgan fingerprint density at radius 3 is 2.81 bits per heavy atom. The van der Waals surface area contributed by atoms with Gasteiger partial charge in [-0.05, 0) is 30.4 Å². The Hall–Kier alpha value is -1.40. The van der Waals surface area contributed by atoms with Crippen LogP contribution in [0.1, 0.15) is 30.9 Å². The normalized spacial score (nSPS) is 17.2. The van der Waals surface area contributed by atoms with Crippen molar-refractivity contribution in [2.45, 2.75) is 31.4 Å². The van der Waals surface area contributed by atoms with Crippen LogP contribution >= 0.6 is 11.8 Å². The van der Waals surface area contributed by atoms with Gasteiger partial charge in [0.15, 0.2) is 11.5 Å². The van der Waals surface area contributed by atoms with E-state index in [1.165, 1.54) is 0 Å². The number of ether oxygens (including phenoxy) is 2. The van der Waals surface area contributed by atoms with Gasteiger partial charge in [0.1, 0.15) is 6.10 Å². The van der Waals surface area contributed by atoms with Crippen molar-refractivity contribution in [3.05, 3.63) is 23.8 Å². The van der Waals surface area contributed by atoms with Gasteiger partial charge in [-0.1, -0.05) is 12.1 Å². The molecule has 1 fully saturated rings. The highest BCUT2D eigenvalue weighted by Crippen LogP contribution is 2.37. The summed E-state index contributed by atoms with van der Waals surface area (Å²) in [7, 11) is 1.57. The number of carbonyl (C=O) groups is 1. The highest BCUT2D eigenvalue weighted by molar-refractivity contribution is 7.99. The summed E-state index contributed by atoms with van der Waals surface area (Å²) in [5.74, 6) is 2.43. The second-order valence-electron chi connectivity index (χ2n) is 5.01. The minimum Gasteiger partial charge on any atom is -0.493 e. The fourth-order valence-corrected chi connectivity index (χ4v) is 3.43. The number of carboxylic acids is 1. The van der Waals surface area contributed by atoms with Crippen molar-refractivity contribution >= 4 is 17.7 Å². The van der Waals surface area contributed by atoms with Gasteiger partial charge in [-0.15, -0.1) is 0 Å². The van der Waals surface area contributed by atoms with E-state index in [1.807, 2.05) is 23.9 Å². The second kappa shape index (κ2) is 7.56. The van der Waals surface area contributed by atoms with E-state index in [-0.39, 0.29) is 12.5 Å². The van der Waals surface area contributed by atoms with Gasteiger partial charge >= 0.3 is 5.97 Å². The summed E-state index contributed by atoms with van der Waals surface area (Å²) in [6.45, 7) is 0. The predicted octanol–water partition coefficient (Wildman–Crippen LogP) is 2.44. The highest BCUT2D eigenvalue weighted by Gasteiger charge is 2.23. The fourth-order valence-electron chi connectivity index (χ4n) is 2.37. The van der Waals surface area contributed by atoms with Crippen LogP contribution in [-0.4, -0.2) is 35.8 Å². The van der Waals surface area contributed by atoms with Crippen LogP contribution in [0.5, 0.6) is 11.5 Å². The molecule has 0 aliphatic carbocycles. The highest BCUT2D eigenvalue weighted by atomic mass is 32.2. The number of benzene rings is 1. The van der Waals surface area contributed by atoms with Gasteiger partial charge in [-0.2, -0.15) is 11.8 Å². The van der Waals surface area contributed by atoms with Crippen molar-refractivity contribution in [3.63, 3.8) is 0 Å². The molecule has 6 heteroatoms. The number of thioether (sulfide) groups is 1. The average Bonchev–Trinajstić information content (AvgIpc) is 2.47. The summed E-state index contributed by atoms with van der Waals surface area (Å²) in [6.07, 6.45) is 1.97. The van der Waals surface area contributed by atoms with E-state index in [9.17, 15) is 4.79 Å². The van der Waals surface area contributed by atoms with E-state index in [0.29, 0.717) is 17.1 Å². The Labute approximate surface area is 128 Å². The first-order valence-corrected chi connectivity index (χ1v) is 8.16. The van der Waals surface area contributed by atoms with Crippen LogP contribution < -0.4 is 15.2 Å². The van der Waals surface area contributed by atoms with Gasteiger partial charge in [-0.3, -0.25) is 4.79 Å². The third-order valence-corrected chi connectivity index (χ3v) is 4.52. The molecule has 1 unspecified atom stereocenters. The molecule has 2 rings (SSSR count). The van der Waals surface area contributed by atoms with Gasteiger partial charge < -0.3 is 20.3 Å². The van der Waals surface area contributed by atoms with Crippen LogP contribution in [0.3, 0.4) is 0 Å². The first kappa shape index (κ1) is 16.0. The molecule has 1 aliphatic heterocycles. The molecule has 1 heterocycles. The monoisotopic (exact) mass is 311 g/mol. The second-order valence-corrected chi connectivity index (χ2v) is 6.24. The fraction of sp³-hybridized carbons (Fsp3) is 0.533. The van der Waals surface area contributed by atoms with Crippen LogP contribution in [-0.2, 0) is 4.79 Å². The molecule has 1 atom stereocenters. The smallest absolute Gasteiger partial charge is 0.305 e. The van der Waals surface area contributed by atoms with E-state index in [0.717, 1.165) is 24.3 Å². The van der Waals surface area contributed by atoms with Crippen molar-refractivity contribution in [2.75, 3.05) is 18.6 Å². The molecule has 1 aromatic rings. The number of para-hydroxylation sites is 1. The first-order valence-electron chi connectivity index (χ1n) is 7.00. The summed E-state index contributed by atoms with van der Waals surface area (Å²) in [5, 5.41) is 8.93. The molecule has 0 spiro atoms. The third-order valence-electron chi connectivity index (χ3n) is 3.48. The van der Waals surface area contributed by atoms with Gasteiger partial charge in [0.05, 0.1) is 13.5 Å². The molecule has 0 radical (unpaired) electrons. The molecule has 116 valence electrons. The molecule has 0 aromatic heterocycles. The minimum absolute atomic E-state index is 0.135. The Kier molecular flexibility index (Phi) is 5.76. The predicted molar refractivity (Wildman–Crippen MR) is 83.2 cm³/mol. The Bertz CT molecular complexity index is 489. The molecule has 0 bridgehead atoms. The lowest BCUT2D eigenvalue weighted by Crippen LogP contribution is -2.24. The molecule has 1 aliphatic rings. The van der Waals surface area contributed by atoms with Gasteiger partial charge in [-0.25, -0.2) is 0 Å². The van der Waals surface area contributed by atoms with Crippen molar-refractivity contribution < 1.29 is 19.4 Å². The van der Waals surface area contributed by atoms with Crippen LogP contribution in [0.2, 0.25) is 0 Å². The van der Waals surface area contributed by atoms with Crippen LogP contribution in [0, 0.1) is 0 Å². The molecule has 0 amide bonds. The number of carboxylic acid groups (broad SMARTS) is 1. The number of hydrogen-bond acceptors (Lipinski definition) is 5. The summed E-state index contributed by atoms with van der Waals surface area (Å²) in [4.78, 5) is 10.9. The number of methoxy groups -OCH3 is 1. The SMILES string of the molecule is COc1cccc(C(N)CC(=O)O)c1OC1CCSCC1. The zero-order valence-corrected chi connectivity index (χ0v) is 12.9. The minimum atomic E-state index is -0.926. The largest absolute Gasteiger partial charge is 0.493 e. The number of aliphatic carboxylic acids is 1. The summed E-state index contributed by atoms with van der Waals surface area (Å²) in [5.41, 5.74) is 6.69. The number of nitrogens with two attached hydrogens (primary N) is 1. The molecule has 1 aromatic carbocycles. The maximum Gasteiger partial charge on any atom is 0.305 e. The number of rotatable bonds is 6. The molecular formula is C15H21NO4S. The Balaban J connectivity index is 2.24. The van der Waals surface area contributed by atoms with Crippen molar-refractivity contribution in [3.8, 4) is 11.5 Å². The van der Waals surface area contributed by atoms with Gasteiger partial charge in [0, 0.05) is 11.6 Å². The third kappa shape index (κ3) is 4.28. The molecule has 3 N–H and O–H groups in total. The molecule has 0 saturated carbocycles. The van der Waals surface area contributed by atoms with E-state index >= 15 is 0 Å². The zero-order valence-electron chi connectivity index (χ0n) is 12.1. The van der Waals surface area contributed by atoms with Crippen LogP contribution in [0.15, 0.2) is 18.2 Å². The van der Waals surface area contributed by atoms with E-state index in [2.05, 4.69) is 0 Å². The topological polar surface area (TPSA) is 81.8 Å². The van der Waals surface area contributed by atoms with Crippen LogP contribution in [0.4, 0.5) is 0 Å². The Morgan fingerprint density at radius 2 is 2.19 bits per heavy atom. The number of hydrogen-bond donors (Lipinski definition) is 2. The summed E-state index contributed by atoms with van der Waals surface area (Å²) < 4.78 is 11.4. The van der Waals surface area contributed by atoms with Gasteiger partial charge in [0.25, 0.3) is 0 Å². The summed E-state index contributed by atoms with van der Waals surface area (Å²) in [6, 6.07) is 4.82. The molecule has 1 saturated heterocycles. The van der Waals surface area contributed by atoms with Crippen molar-refractivity contribution in [2.24, 2.45) is 5.73 Å². The van der Waals surface area contributed by atoms with E-state index in [4.69, 9.17) is 20.3 Å². The average molecular weight is 311 g/mol. The lowest BCUT2D eigenvalue weighted by atomic mass is 10.0. The van der Waals surface area contributed by atoms with Crippen molar-refractivity contribution in [1.82, 2.24) is 0 Å². The van der Waals surface area contributed by atoms with Crippen molar-refractivity contribution in [1.29, 1.82) is 0 Å². The van der Waals surface area contributed by atoms with E-state index in [1.54, 1.807) is 13.2 Å². The van der Waals surface area contributed by atoms with Crippen LogP contribution in [0.25, 0.3) is 0 Å². The first-order chi connectivity index (χ1) is 10.1. The summed E-state index contributed by atoms with van der Waals surface area (Å²) >= 11 is 1.92. The zero-order chi connectivity index (χ0) is 15.2. The lowest BCUT2D eigenvalue weighted by molar-refractivity contribution is -0.137. The Morgan fingerprint density at radius 1 is 1.48 bits per heavy atom. The van der Waals surface area contributed by atoms with E-state index < -0.39 is 12.0 Å².